The third-order valence-electron chi connectivity index (χ3n) is 4.92. The van der Waals surface area contributed by atoms with E-state index in [1.165, 1.54) is 5.56 Å². The van der Waals surface area contributed by atoms with E-state index < -0.39 is 5.97 Å². The highest BCUT2D eigenvalue weighted by molar-refractivity contribution is 6.05. The average Bonchev–Trinajstić information content (AvgIpc) is 2.63. The van der Waals surface area contributed by atoms with Gasteiger partial charge in [-0.05, 0) is 56.9 Å². The number of ketones is 1. The van der Waals surface area contributed by atoms with Crippen molar-refractivity contribution in [3.8, 4) is 0 Å². The van der Waals surface area contributed by atoms with Crippen LogP contribution in [0.3, 0.4) is 0 Å². The van der Waals surface area contributed by atoms with Crippen LogP contribution in [0.1, 0.15) is 74.2 Å². The number of ether oxygens (including phenoxy) is 2. The molecule has 2 rings (SSSR count). The van der Waals surface area contributed by atoms with E-state index in [1.807, 2.05) is 19.1 Å². The number of carbonyl (C=O) groups is 3. The third-order valence-corrected chi connectivity index (χ3v) is 4.92. The van der Waals surface area contributed by atoms with Crippen LogP contribution in [0.25, 0.3) is 0 Å². The molecule has 0 bridgehead atoms. The van der Waals surface area contributed by atoms with Gasteiger partial charge in [0, 0.05) is 12.0 Å². The number of carbonyl (C=O) groups excluding carboxylic acids is 3. The topological polar surface area (TPSA) is 69.7 Å². The van der Waals surface area contributed by atoms with Crippen LogP contribution in [0.4, 0.5) is 0 Å². The Morgan fingerprint density at radius 2 is 1.46 bits per heavy atom. The second-order valence-corrected chi connectivity index (χ2v) is 6.75. The molecule has 1 aliphatic carbocycles. The quantitative estimate of drug-likeness (QED) is 0.397. The van der Waals surface area contributed by atoms with Crippen LogP contribution in [0, 0.1) is 5.92 Å². The number of hydrogen-bond acceptors (Lipinski definition) is 5. The summed E-state index contributed by atoms with van der Waals surface area (Å²) >= 11 is 0. The largest absolute Gasteiger partial charge is 0.466 e. The number of Topliss-reactive ketones (excluding diaryl/α,β-unsaturated/α-hetero) is 1. The van der Waals surface area contributed by atoms with Crippen molar-refractivity contribution in [3.63, 3.8) is 0 Å². The molecule has 0 aromatic heterocycles. The van der Waals surface area contributed by atoms with Gasteiger partial charge in [0.1, 0.15) is 6.42 Å². The first kappa shape index (κ1) is 20.1. The van der Waals surface area contributed by atoms with Crippen molar-refractivity contribution < 1.29 is 23.9 Å². The van der Waals surface area contributed by atoms with E-state index >= 15 is 0 Å². The first-order chi connectivity index (χ1) is 12.5. The second kappa shape index (κ2) is 10.1. The molecular formula is C21H28O5. The molecule has 0 aliphatic heterocycles. The first-order valence-corrected chi connectivity index (χ1v) is 9.47. The molecule has 5 nitrogen and oxygen atoms in total. The third kappa shape index (κ3) is 5.97. The zero-order valence-electron chi connectivity index (χ0n) is 15.7. The second-order valence-electron chi connectivity index (χ2n) is 6.75. The normalized spacial score (nSPS) is 19.6. The predicted molar refractivity (Wildman–Crippen MR) is 98.0 cm³/mol. The van der Waals surface area contributed by atoms with Crippen molar-refractivity contribution in [2.24, 2.45) is 5.92 Å². The van der Waals surface area contributed by atoms with Crippen molar-refractivity contribution in [1.82, 2.24) is 0 Å². The minimum Gasteiger partial charge on any atom is -0.466 e. The molecule has 1 aromatic rings. The summed E-state index contributed by atoms with van der Waals surface area (Å²) in [6.07, 6.45) is 4.43. The molecule has 0 radical (unpaired) electrons. The average molecular weight is 360 g/mol. The van der Waals surface area contributed by atoms with Gasteiger partial charge in [-0.2, -0.15) is 0 Å². The van der Waals surface area contributed by atoms with Crippen molar-refractivity contribution in [2.45, 2.75) is 58.3 Å². The minimum atomic E-state index is -0.485. The van der Waals surface area contributed by atoms with Gasteiger partial charge in [-0.25, -0.2) is 0 Å². The van der Waals surface area contributed by atoms with Crippen molar-refractivity contribution >= 4 is 17.7 Å². The molecule has 142 valence electrons. The van der Waals surface area contributed by atoms with E-state index in [2.05, 4.69) is 0 Å². The Balaban J connectivity index is 1.85. The van der Waals surface area contributed by atoms with Gasteiger partial charge in [0.2, 0.25) is 0 Å². The summed E-state index contributed by atoms with van der Waals surface area (Å²) < 4.78 is 9.84. The molecule has 0 spiro atoms. The van der Waals surface area contributed by atoms with Crippen LogP contribution in [0.15, 0.2) is 24.3 Å². The van der Waals surface area contributed by atoms with Gasteiger partial charge in [0.25, 0.3) is 0 Å². The molecular weight excluding hydrogens is 332 g/mol. The molecule has 0 saturated heterocycles. The summed E-state index contributed by atoms with van der Waals surface area (Å²) in [6.45, 7) is 4.27. The predicted octanol–water partition coefficient (Wildman–Crippen LogP) is 4.05. The minimum absolute atomic E-state index is 0.0968. The highest BCUT2D eigenvalue weighted by Crippen LogP contribution is 2.37. The zero-order valence-corrected chi connectivity index (χ0v) is 15.7. The number of rotatable bonds is 8. The van der Waals surface area contributed by atoms with Gasteiger partial charge in [-0.1, -0.05) is 24.3 Å². The Hall–Kier alpha value is -2.17. The summed E-state index contributed by atoms with van der Waals surface area (Å²) in [5, 5.41) is 0. The van der Waals surface area contributed by atoms with E-state index in [-0.39, 0.29) is 24.8 Å². The van der Waals surface area contributed by atoms with Crippen molar-refractivity contribution in [3.05, 3.63) is 35.4 Å². The molecule has 1 aromatic carbocycles. The number of benzene rings is 1. The number of esters is 2. The van der Waals surface area contributed by atoms with E-state index in [0.717, 1.165) is 25.7 Å². The lowest BCUT2D eigenvalue weighted by molar-refractivity contribution is -0.144. The summed E-state index contributed by atoms with van der Waals surface area (Å²) in [5.41, 5.74) is 1.75. The first-order valence-electron chi connectivity index (χ1n) is 9.47. The van der Waals surface area contributed by atoms with Crippen LogP contribution in [0.2, 0.25) is 0 Å². The lowest BCUT2D eigenvalue weighted by atomic mass is 9.77. The highest BCUT2D eigenvalue weighted by Gasteiger charge is 2.24. The summed E-state index contributed by atoms with van der Waals surface area (Å²) in [5.74, 6) is 0.0773. The van der Waals surface area contributed by atoms with E-state index in [4.69, 9.17) is 9.47 Å². The fourth-order valence-electron chi connectivity index (χ4n) is 3.54. The van der Waals surface area contributed by atoms with Crippen LogP contribution in [-0.4, -0.2) is 30.9 Å². The molecule has 26 heavy (non-hydrogen) atoms. The van der Waals surface area contributed by atoms with Gasteiger partial charge >= 0.3 is 11.9 Å². The Kier molecular flexibility index (Phi) is 7.82. The maximum Gasteiger partial charge on any atom is 0.313 e. The van der Waals surface area contributed by atoms with Gasteiger partial charge in [-0.3, -0.25) is 14.4 Å². The van der Waals surface area contributed by atoms with Crippen molar-refractivity contribution in [2.75, 3.05) is 13.2 Å². The van der Waals surface area contributed by atoms with Crippen molar-refractivity contribution in [1.29, 1.82) is 0 Å². The van der Waals surface area contributed by atoms with Gasteiger partial charge in [0.15, 0.2) is 5.78 Å². The highest BCUT2D eigenvalue weighted by atomic mass is 16.5. The molecule has 0 amide bonds. The zero-order chi connectivity index (χ0) is 18.9. The fraction of sp³-hybridized carbons (Fsp3) is 0.571. The van der Waals surface area contributed by atoms with Crippen LogP contribution >= 0.6 is 0 Å². The van der Waals surface area contributed by atoms with Gasteiger partial charge in [-0.15, -0.1) is 0 Å². The molecule has 5 heteroatoms. The SMILES string of the molecule is CCOC(=O)CC(=O)c1ccc(C2CCC(CC(=O)OCC)CC2)cc1. The summed E-state index contributed by atoms with van der Waals surface area (Å²) in [7, 11) is 0. The van der Waals surface area contributed by atoms with Crippen LogP contribution < -0.4 is 0 Å². The Bertz CT molecular complexity index is 612. The fourth-order valence-corrected chi connectivity index (χ4v) is 3.54. The smallest absolute Gasteiger partial charge is 0.313 e. The Morgan fingerprint density at radius 1 is 0.885 bits per heavy atom. The summed E-state index contributed by atoms with van der Waals surface area (Å²) in [6, 6.07) is 7.55. The Morgan fingerprint density at radius 3 is 2.04 bits per heavy atom. The van der Waals surface area contributed by atoms with Crippen LogP contribution in [-0.2, 0) is 19.1 Å². The molecule has 1 aliphatic rings. The molecule has 1 saturated carbocycles. The van der Waals surface area contributed by atoms with E-state index in [0.29, 0.717) is 30.4 Å². The standard InChI is InChI=1S/C21H28O5/c1-3-25-20(23)13-15-5-7-16(8-6-15)17-9-11-18(12-10-17)19(22)14-21(24)26-4-2/h9-12,15-16H,3-8,13-14H2,1-2H3. The van der Waals surface area contributed by atoms with Gasteiger partial charge in [0.05, 0.1) is 13.2 Å². The van der Waals surface area contributed by atoms with Gasteiger partial charge < -0.3 is 9.47 Å². The Labute approximate surface area is 155 Å². The van der Waals surface area contributed by atoms with Crippen LogP contribution in [0.5, 0.6) is 0 Å². The lowest BCUT2D eigenvalue weighted by Gasteiger charge is -2.28. The molecule has 0 N–H and O–H groups in total. The molecule has 0 heterocycles. The number of hydrogen-bond donors (Lipinski definition) is 0. The molecule has 1 fully saturated rings. The van der Waals surface area contributed by atoms with E-state index in [1.54, 1.807) is 19.1 Å². The molecule has 0 unspecified atom stereocenters. The maximum absolute atomic E-state index is 12.1. The lowest BCUT2D eigenvalue weighted by Crippen LogP contribution is -2.18. The summed E-state index contributed by atoms with van der Waals surface area (Å²) in [4.78, 5) is 35.1. The molecule has 0 atom stereocenters. The monoisotopic (exact) mass is 360 g/mol. The maximum atomic E-state index is 12.1. The van der Waals surface area contributed by atoms with E-state index in [9.17, 15) is 14.4 Å².